The first-order chi connectivity index (χ1) is 6.25. The topological polar surface area (TPSA) is 23.2 Å². The summed E-state index contributed by atoms with van der Waals surface area (Å²) in [5, 5.41) is 10.4. The van der Waals surface area contributed by atoms with E-state index in [9.17, 15) is 5.11 Å². The van der Waals surface area contributed by atoms with Gasteiger partial charge in [-0.1, -0.05) is 23.7 Å². The summed E-state index contributed by atoms with van der Waals surface area (Å²) < 4.78 is 0. The molecule has 0 amide bonds. The van der Waals surface area contributed by atoms with Gasteiger partial charge in [0.2, 0.25) is 0 Å². The fourth-order valence-corrected chi connectivity index (χ4v) is 1.52. The van der Waals surface area contributed by atoms with Crippen LogP contribution in [0.2, 0.25) is 5.02 Å². The van der Waals surface area contributed by atoms with Gasteiger partial charge in [0.15, 0.2) is 0 Å². The van der Waals surface area contributed by atoms with Crippen LogP contribution >= 0.6 is 11.6 Å². The Balaban J connectivity index is 2.04. The maximum absolute atomic E-state index is 9.76. The molecule has 1 unspecified atom stereocenters. The minimum Gasteiger partial charge on any atom is -0.387 e. The second-order valence-corrected chi connectivity index (χ2v) is 3.81. The molecule has 13 heavy (non-hydrogen) atoms. The summed E-state index contributed by atoms with van der Waals surface area (Å²) in [7, 11) is 0. The van der Waals surface area contributed by atoms with Gasteiger partial charge in [-0.25, -0.2) is 0 Å². The van der Waals surface area contributed by atoms with Crippen LogP contribution in [-0.2, 0) is 0 Å². The van der Waals surface area contributed by atoms with Crippen molar-refractivity contribution < 1.29 is 5.11 Å². The van der Waals surface area contributed by atoms with Crippen molar-refractivity contribution in [3.05, 3.63) is 34.9 Å². The molecule has 0 bridgehead atoms. The minimum absolute atomic E-state index is 0.402. The molecule has 2 rings (SSSR count). The van der Waals surface area contributed by atoms with E-state index in [1.807, 2.05) is 24.3 Å². The van der Waals surface area contributed by atoms with Gasteiger partial charge in [0.25, 0.3) is 0 Å². The minimum atomic E-state index is -0.402. The Hall–Kier alpha value is -0.570. The van der Waals surface area contributed by atoms with Crippen LogP contribution in [0.25, 0.3) is 0 Å². The number of rotatable bonds is 3. The van der Waals surface area contributed by atoms with Crippen LogP contribution in [0.15, 0.2) is 24.3 Å². The summed E-state index contributed by atoms with van der Waals surface area (Å²) in [5.74, 6) is 0. The zero-order valence-corrected chi connectivity index (χ0v) is 8.04. The predicted octanol–water partition coefficient (Wildman–Crippen LogP) is 1.69. The molecule has 0 aromatic heterocycles. The standard InChI is InChI=1S/C10H12ClNO/c11-9-3-1-2-8(6-9)10(13)7-12-4-5-12/h1-3,6,10,13H,4-5,7H2. The van der Waals surface area contributed by atoms with Crippen LogP contribution in [0, 0.1) is 0 Å². The summed E-state index contributed by atoms with van der Waals surface area (Å²) >= 11 is 5.82. The Morgan fingerprint density at radius 1 is 1.46 bits per heavy atom. The van der Waals surface area contributed by atoms with Crippen molar-refractivity contribution in [3.63, 3.8) is 0 Å². The highest BCUT2D eigenvalue weighted by Gasteiger charge is 2.21. The van der Waals surface area contributed by atoms with Gasteiger partial charge in [-0.15, -0.1) is 0 Å². The van der Waals surface area contributed by atoms with Crippen LogP contribution in [0.3, 0.4) is 0 Å². The Labute approximate surface area is 82.7 Å². The number of benzene rings is 1. The van der Waals surface area contributed by atoms with E-state index in [1.165, 1.54) is 0 Å². The molecule has 1 aromatic rings. The van der Waals surface area contributed by atoms with Gasteiger partial charge < -0.3 is 5.11 Å². The number of aliphatic hydroxyl groups is 1. The van der Waals surface area contributed by atoms with Crippen LogP contribution in [0.4, 0.5) is 0 Å². The lowest BCUT2D eigenvalue weighted by Crippen LogP contribution is -2.10. The highest BCUT2D eigenvalue weighted by molar-refractivity contribution is 6.30. The average Bonchev–Trinajstić information content (AvgIpc) is 2.88. The van der Waals surface area contributed by atoms with Gasteiger partial charge in [-0.2, -0.15) is 0 Å². The van der Waals surface area contributed by atoms with Crippen LogP contribution < -0.4 is 0 Å². The first kappa shape index (κ1) is 9.00. The van der Waals surface area contributed by atoms with Crippen LogP contribution in [0.5, 0.6) is 0 Å². The third-order valence-corrected chi connectivity index (χ3v) is 2.44. The van der Waals surface area contributed by atoms with Gasteiger partial charge in [0, 0.05) is 24.7 Å². The molecular formula is C10H12ClNO. The predicted molar refractivity (Wildman–Crippen MR) is 52.9 cm³/mol. The zero-order valence-electron chi connectivity index (χ0n) is 7.28. The van der Waals surface area contributed by atoms with E-state index >= 15 is 0 Å². The van der Waals surface area contributed by atoms with Gasteiger partial charge in [-0.05, 0) is 17.7 Å². The molecule has 3 heteroatoms. The van der Waals surface area contributed by atoms with Crippen molar-refractivity contribution in [2.24, 2.45) is 0 Å². The first-order valence-electron chi connectivity index (χ1n) is 4.41. The van der Waals surface area contributed by atoms with E-state index in [0.29, 0.717) is 5.02 Å². The van der Waals surface area contributed by atoms with Crippen molar-refractivity contribution in [3.8, 4) is 0 Å². The highest BCUT2D eigenvalue weighted by Crippen LogP contribution is 2.20. The number of nitrogens with zero attached hydrogens (tertiary/aromatic N) is 1. The molecule has 2 nitrogen and oxygen atoms in total. The lowest BCUT2D eigenvalue weighted by Gasteiger charge is -2.11. The van der Waals surface area contributed by atoms with Crippen LogP contribution in [0.1, 0.15) is 11.7 Å². The van der Waals surface area contributed by atoms with Crippen molar-refractivity contribution in [2.75, 3.05) is 19.6 Å². The lowest BCUT2D eigenvalue weighted by molar-refractivity contribution is 0.156. The second kappa shape index (κ2) is 3.66. The highest BCUT2D eigenvalue weighted by atomic mass is 35.5. The number of hydrogen-bond acceptors (Lipinski definition) is 2. The maximum atomic E-state index is 9.76. The van der Waals surface area contributed by atoms with Crippen LogP contribution in [-0.4, -0.2) is 29.6 Å². The first-order valence-corrected chi connectivity index (χ1v) is 4.79. The SMILES string of the molecule is OC(CN1CC1)c1cccc(Cl)c1. The molecule has 1 aromatic carbocycles. The van der Waals surface area contributed by atoms with E-state index in [2.05, 4.69) is 4.90 Å². The monoisotopic (exact) mass is 197 g/mol. The fourth-order valence-electron chi connectivity index (χ4n) is 1.32. The lowest BCUT2D eigenvalue weighted by atomic mass is 10.1. The molecule has 1 aliphatic heterocycles. The van der Waals surface area contributed by atoms with Crippen molar-refractivity contribution in [2.45, 2.75) is 6.10 Å². The van der Waals surface area contributed by atoms with Crippen molar-refractivity contribution in [1.29, 1.82) is 0 Å². The number of aliphatic hydroxyl groups excluding tert-OH is 1. The maximum Gasteiger partial charge on any atom is 0.0917 e. The average molecular weight is 198 g/mol. The number of β-amino-alcohol motifs (C(OH)–C–C–N with tert-alkyl or cyclic N) is 1. The number of hydrogen-bond donors (Lipinski definition) is 1. The smallest absolute Gasteiger partial charge is 0.0917 e. The molecule has 0 spiro atoms. The third kappa shape index (κ3) is 2.44. The molecular weight excluding hydrogens is 186 g/mol. The molecule has 1 heterocycles. The van der Waals surface area contributed by atoms with Gasteiger partial charge in [0.05, 0.1) is 6.10 Å². The Bertz CT molecular complexity index is 299. The van der Waals surface area contributed by atoms with E-state index in [-0.39, 0.29) is 0 Å². The molecule has 1 saturated heterocycles. The summed E-state index contributed by atoms with van der Waals surface area (Å²) in [4.78, 5) is 2.19. The molecule has 0 saturated carbocycles. The third-order valence-electron chi connectivity index (χ3n) is 2.20. The molecule has 1 aliphatic rings. The van der Waals surface area contributed by atoms with Crippen molar-refractivity contribution >= 4 is 11.6 Å². The van der Waals surface area contributed by atoms with E-state index < -0.39 is 6.10 Å². The second-order valence-electron chi connectivity index (χ2n) is 3.37. The van der Waals surface area contributed by atoms with Gasteiger partial charge in [0.1, 0.15) is 0 Å². The molecule has 1 atom stereocenters. The molecule has 1 N–H and O–H groups in total. The molecule has 70 valence electrons. The van der Waals surface area contributed by atoms with Gasteiger partial charge >= 0.3 is 0 Å². The van der Waals surface area contributed by atoms with E-state index in [0.717, 1.165) is 25.2 Å². The van der Waals surface area contributed by atoms with Crippen molar-refractivity contribution in [1.82, 2.24) is 4.90 Å². The Morgan fingerprint density at radius 3 is 2.85 bits per heavy atom. The Morgan fingerprint density at radius 2 is 2.23 bits per heavy atom. The molecule has 0 radical (unpaired) electrons. The Kier molecular flexibility index (Phi) is 2.54. The van der Waals surface area contributed by atoms with E-state index in [4.69, 9.17) is 11.6 Å². The summed E-state index contributed by atoms with van der Waals surface area (Å²) in [6.45, 7) is 2.94. The quantitative estimate of drug-likeness (QED) is 0.746. The molecule has 1 fully saturated rings. The van der Waals surface area contributed by atoms with E-state index in [1.54, 1.807) is 0 Å². The fraction of sp³-hybridized carbons (Fsp3) is 0.400. The summed E-state index contributed by atoms with van der Waals surface area (Å²) in [6, 6.07) is 7.40. The number of halogens is 1. The largest absolute Gasteiger partial charge is 0.387 e. The summed E-state index contributed by atoms with van der Waals surface area (Å²) in [5.41, 5.74) is 0.902. The normalized spacial score (nSPS) is 18.6. The summed E-state index contributed by atoms with van der Waals surface area (Å²) in [6.07, 6.45) is -0.402. The van der Waals surface area contributed by atoms with Gasteiger partial charge in [-0.3, -0.25) is 4.90 Å². The molecule has 0 aliphatic carbocycles. The zero-order chi connectivity index (χ0) is 9.26.